The van der Waals surface area contributed by atoms with E-state index in [1.165, 1.54) is 0 Å². The Hall–Kier alpha value is -1.14. The second-order valence-electron chi connectivity index (χ2n) is 2.84. The van der Waals surface area contributed by atoms with E-state index < -0.39 is 29.0 Å². The molecule has 0 aliphatic heterocycles. The maximum atomic E-state index is 12.1. The Kier molecular flexibility index (Phi) is 2.76. The van der Waals surface area contributed by atoms with Crippen LogP contribution in [0.15, 0.2) is 23.3 Å². The summed E-state index contributed by atoms with van der Waals surface area (Å²) in [5, 5.41) is 0. The number of rotatable bonds is 0. The van der Waals surface area contributed by atoms with Crippen LogP contribution in [0, 0.1) is 6.42 Å². The first-order valence-corrected chi connectivity index (χ1v) is 3.65. The van der Waals surface area contributed by atoms with E-state index in [4.69, 9.17) is 7.49 Å². The van der Waals surface area contributed by atoms with Gasteiger partial charge in [-0.25, -0.2) is 0 Å². The van der Waals surface area contributed by atoms with E-state index in [0.29, 0.717) is 12.5 Å². The van der Waals surface area contributed by atoms with E-state index in [0.717, 1.165) is 0 Å². The van der Waals surface area contributed by atoms with Gasteiger partial charge in [0.25, 0.3) is 0 Å². The summed E-state index contributed by atoms with van der Waals surface area (Å²) in [6.45, 7) is 0. The van der Waals surface area contributed by atoms with Gasteiger partial charge in [-0.3, -0.25) is 0 Å². The van der Waals surface area contributed by atoms with Crippen molar-refractivity contribution in [2.45, 2.75) is 12.4 Å². The van der Waals surface area contributed by atoms with Crippen molar-refractivity contribution in [2.24, 2.45) is 0 Å². The van der Waals surface area contributed by atoms with Crippen molar-refractivity contribution in [1.29, 1.82) is 0 Å². The molecule has 0 aromatic carbocycles. The Morgan fingerprint density at radius 1 is 0.933 bits per heavy atom. The van der Waals surface area contributed by atoms with Gasteiger partial charge in [-0.05, 0) is 0 Å². The molecule has 0 fully saturated rings. The third kappa shape index (κ3) is 2.90. The minimum atomic E-state index is -4.84. The summed E-state index contributed by atoms with van der Waals surface area (Å²) in [4.78, 5) is 0. The topological polar surface area (TPSA) is 0 Å². The van der Waals surface area contributed by atoms with Crippen LogP contribution in [0.4, 0.5) is 26.3 Å². The summed E-state index contributed by atoms with van der Waals surface area (Å²) in [6, 6.07) is 0. The Bertz CT molecular complexity index is 343. The molecule has 0 bridgehead atoms. The van der Waals surface area contributed by atoms with E-state index in [2.05, 4.69) is 0 Å². The SMILES string of the molecule is [B]=C1C=C(C(F)(F)F)C=C(C(F)(F)F)[CH-]1. The number of hydrogen-bond acceptors (Lipinski definition) is 0. The van der Waals surface area contributed by atoms with Crippen LogP contribution in [0.1, 0.15) is 0 Å². The van der Waals surface area contributed by atoms with Gasteiger partial charge in [0.15, 0.2) is 0 Å². The summed E-state index contributed by atoms with van der Waals surface area (Å²) >= 11 is 0. The van der Waals surface area contributed by atoms with Crippen LogP contribution in [-0.4, -0.2) is 25.3 Å². The zero-order valence-electron chi connectivity index (χ0n) is 7.08. The van der Waals surface area contributed by atoms with Crippen molar-refractivity contribution in [3.05, 3.63) is 29.7 Å². The summed E-state index contributed by atoms with van der Waals surface area (Å²) < 4.78 is 72.7. The normalized spacial score (nSPS) is 18.1. The molecule has 0 spiro atoms. The fourth-order valence-electron chi connectivity index (χ4n) is 0.979. The van der Waals surface area contributed by atoms with E-state index in [-0.39, 0.29) is 6.08 Å². The number of allylic oxidation sites excluding steroid dienone is 4. The second kappa shape index (κ2) is 3.46. The Morgan fingerprint density at radius 3 is 1.87 bits per heavy atom. The first-order valence-electron chi connectivity index (χ1n) is 3.65. The molecule has 0 nitrogen and oxygen atoms in total. The van der Waals surface area contributed by atoms with Crippen molar-refractivity contribution in [2.75, 3.05) is 0 Å². The molecule has 15 heavy (non-hydrogen) atoms. The van der Waals surface area contributed by atoms with Crippen LogP contribution in [-0.2, 0) is 0 Å². The van der Waals surface area contributed by atoms with Gasteiger partial charge in [0.1, 0.15) is 0 Å². The molecule has 0 amide bonds. The van der Waals surface area contributed by atoms with Gasteiger partial charge in [0, 0.05) is 0 Å². The quantitative estimate of drug-likeness (QED) is 0.337. The Balaban J connectivity index is 3.11. The number of alkyl halides is 6. The zero-order chi connectivity index (χ0) is 11.9. The van der Waals surface area contributed by atoms with Crippen molar-refractivity contribution in [3.8, 4) is 0 Å². The second-order valence-corrected chi connectivity index (χ2v) is 2.84. The Labute approximate surface area is 82.3 Å². The van der Waals surface area contributed by atoms with Gasteiger partial charge in [0.2, 0.25) is 0 Å². The number of hydrogen-bond donors (Lipinski definition) is 0. The van der Waals surface area contributed by atoms with Crippen molar-refractivity contribution in [1.82, 2.24) is 0 Å². The first-order chi connectivity index (χ1) is 6.60. The van der Waals surface area contributed by atoms with Crippen LogP contribution in [0.2, 0.25) is 0 Å². The predicted octanol–water partition coefficient (Wildman–Crippen LogP) is 2.52. The molecule has 0 aromatic heterocycles. The molecule has 0 aromatic rings. The van der Waals surface area contributed by atoms with E-state index in [1.54, 1.807) is 0 Å². The van der Waals surface area contributed by atoms with Gasteiger partial charge in [-0.1, -0.05) is 0 Å². The van der Waals surface area contributed by atoms with E-state index in [1.807, 2.05) is 0 Å². The fraction of sp³-hybridized carbons (Fsp3) is 0.250. The average Bonchev–Trinajstić information content (AvgIpc) is 1.99. The summed E-state index contributed by atoms with van der Waals surface area (Å²) in [7, 11) is 4.95. The van der Waals surface area contributed by atoms with Gasteiger partial charge in [-0.2, -0.15) is 0 Å². The predicted molar refractivity (Wildman–Crippen MR) is 43.3 cm³/mol. The van der Waals surface area contributed by atoms with Gasteiger partial charge in [-0.15, -0.1) is 0 Å². The fourth-order valence-corrected chi connectivity index (χ4v) is 0.979. The molecular formula is C8H3BF6-. The molecule has 1 radical (unpaired) electrons. The molecule has 1 aliphatic carbocycles. The summed E-state index contributed by atoms with van der Waals surface area (Å²) in [5.74, 6) is 0. The molecule has 0 N–H and O–H groups in total. The van der Waals surface area contributed by atoms with E-state index >= 15 is 0 Å². The third-order valence-electron chi connectivity index (χ3n) is 1.61. The zero-order valence-corrected chi connectivity index (χ0v) is 7.08. The van der Waals surface area contributed by atoms with Crippen molar-refractivity contribution >= 4 is 13.0 Å². The van der Waals surface area contributed by atoms with Gasteiger partial charge < -0.3 is 0 Å². The molecular weight excluding hydrogens is 221 g/mol. The molecule has 81 valence electrons. The number of halogens is 6. The van der Waals surface area contributed by atoms with Gasteiger partial charge >= 0.3 is 81.4 Å². The summed E-state index contributed by atoms with van der Waals surface area (Å²) in [6.07, 6.45) is -8.74. The molecule has 1 aliphatic rings. The molecule has 0 saturated carbocycles. The monoisotopic (exact) mass is 224 g/mol. The van der Waals surface area contributed by atoms with Crippen LogP contribution >= 0.6 is 0 Å². The van der Waals surface area contributed by atoms with Crippen LogP contribution in [0.3, 0.4) is 0 Å². The Morgan fingerprint density at radius 2 is 1.47 bits per heavy atom. The average molecular weight is 224 g/mol. The molecule has 7 heteroatoms. The molecule has 0 heterocycles. The van der Waals surface area contributed by atoms with Crippen LogP contribution in [0.25, 0.3) is 0 Å². The third-order valence-corrected chi connectivity index (χ3v) is 1.61. The summed E-state index contributed by atoms with van der Waals surface area (Å²) in [5.41, 5.74) is -3.39. The van der Waals surface area contributed by atoms with Crippen molar-refractivity contribution in [3.63, 3.8) is 0 Å². The van der Waals surface area contributed by atoms with Crippen LogP contribution < -0.4 is 0 Å². The van der Waals surface area contributed by atoms with Crippen LogP contribution in [0.5, 0.6) is 0 Å². The molecule has 0 unspecified atom stereocenters. The molecule has 0 saturated heterocycles. The molecule has 0 atom stereocenters. The minimum absolute atomic E-state index is 0.0242. The first kappa shape index (κ1) is 11.9. The molecule has 1 rings (SSSR count). The van der Waals surface area contributed by atoms with Crippen molar-refractivity contribution < 1.29 is 26.3 Å². The standard InChI is InChI=1S/C8H3BF6/c9-6-2-4(7(10,11)12)1-5(3-6)8(13,14)15/h1-3H/q-1. The maximum absolute atomic E-state index is 12.1. The van der Waals surface area contributed by atoms with E-state index in [9.17, 15) is 26.3 Å². The van der Waals surface area contributed by atoms with Gasteiger partial charge in [0.05, 0.1) is 0 Å².